The van der Waals surface area contributed by atoms with Crippen LogP contribution >= 0.6 is 11.6 Å². The van der Waals surface area contributed by atoms with Gasteiger partial charge in [-0.2, -0.15) is 0 Å². The van der Waals surface area contributed by atoms with E-state index < -0.39 is 0 Å². The SMILES string of the molecule is Nc1c(Cl)cccc1C(=O)N1CCCC2CCCC21. The summed E-state index contributed by atoms with van der Waals surface area (Å²) < 4.78 is 0. The molecular weight excluding hydrogens is 260 g/mol. The Labute approximate surface area is 118 Å². The molecule has 3 rings (SSSR count). The Morgan fingerprint density at radius 1 is 1.26 bits per heavy atom. The first kappa shape index (κ1) is 12.8. The summed E-state index contributed by atoms with van der Waals surface area (Å²) in [5, 5.41) is 0.464. The van der Waals surface area contributed by atoms with Crippen molar-refractivity contribution in [2.45, 2.75) is 38.1 Å². The number of hydrogen-bond acceptors (Lipinski definition) is 2. The van der Waals surface area contributed by atoms with E-state index in [1.54, 1.807) is 18.2 Å². The smallest absolute Gasteiger partial charge is 0.256 e. The summed E-state index contributed by atoms with van der Waals surface area (Å²) in [5.74, 6) is 0.745. The molecule has 1 saturated heterocycles. The molecule has 1 saturated carbocycles. The molecule has 1 aliphatic heterocycles. The second-order valence-electron chi connectivity index (χ2n) is 5.60. The molecule has 0 radical (unpaired) electrons. The maximum Gasteiger partial charge on any atom is 0.256 e. The summed E-state index contributed by atoms with van der Waals surface area (Å²) in [7, 11) is 0. The van der Waals surface area contributed by atoms with E-state index in [2.05, 4.69) is 0 Å². The molecule has 19 heavy (non-hydrogen) atoms. The number of likely N-dealkylation sites (tertiary alicyclic amines) is 1. The van der Waals surface area contributed by atoms with Crippen LogP contribution in [0.2, 0.25) is 5.02 Å². The Kier molecular flexibility index (Phi) is 3.40. The van der Waals surface area contributed by atoms with Gasteiger partial charge < -0.3 is 10.6 Å². The number of fused-ring (bicyclic) bond motifs is 1. The number of hydrogen-bond donors (Lipinski definition) is 1. The van der Waals surface area contributed by atoms with Gasteiger partial charge in [-0.25, -0.2) is 0 Å². The molecule has 1 heterocycles. The van der Waals surface area contributed by atoms with Crippen molar-refractivity contribution in [3.8, 4) is 0 Å². The third-order valence-electron chi connectivity index (χ3n) is 4.54. The topological polar surface area (TPSA) is 46.3 Å². The zero-order valence-corrected chi connectivity index (χ0v) is 11.7. The highest BCUT2D eigenvalue weighted by atomic mass is 35.5. The van der Waals surface area contributed by atoms with E-state index in [1.165, 1.54) is 19.3 Å². The first-order valence-electron chi connectivity index (χ1n) is 7.03. The molecule has 2 N–H and O–H groups in total. The molecular formula is C15H19ClN2O. The van der Waals surface area contributed by atoms with Gasteiger partial charge in [0.15, 0.2) is 0 Å². The van der Waals surface area contributed by atoms with Crippen LogP contribution in [0.15, 0.2) is 18.2 Å². The molecule has 1 amide bonds. The van der Waals surface area contributed by atoms with Gasteiger partial charge in [-0.3, -0.25) is 4.79 Å². The predicted octanol–water partition coefficient (Wildman–Crippen LogP) is 3.33. The van der Waals surface area contributed by atoms with E-state index in [9.17, 15) is 4.79 Å². The van der Waals surface area contributed by atoms with Crippen LogP contribution in [-0.2, 0) is 0 Å². The number of piperidine rings is 1. The minimum Gasteiger partial charge on any atom is -0.397 e. The van der Waals surface area contributed by atoms with Gasteiger partial charge in [0.25, 0.3) is 5.91 Å². The van der Waals surface area contributed by atoms with Gasteiger partial charge in [0.1, 0.15) is 0 Å². The van der Waals surface area contributed by atoms with E-state index >= 15 is 0 Å². The molecule has 1 aromatic rings. The molecule has 2 unspecified atom stereocenters. The predicted molar refractivity (Wildman–Crippen MR) is 77.3 cm³/mol. The van der Waals surface area contributed by atoms with E-state index in [0.717, 1.165) is 19.4 Å². The monoisotopic (exact) mass is 278 g/mol. The second-order valence-corrected chi connectivity index (χ2v) is 6.01. The number of nitrogen functional groups attached to an aromatic ring is 1. The quantitative estimate of drug-likeness (QED) is 0.801. The summed E-state index contributed by atoms with van der Waals surface area (Å²) in [6.07, 6.45) is 6.01. The van der Waals surface area contributed by atoms with Gasteiger partial charge in [0, 0.05) is 12.6 Å². The maximum absolute atomic E-state index is 12.7. The molecule has 4 heteroatoms. The molecule has 1 aliphatic carbocycles. The number of nitrogens with two attached hydrogens (primary N) is 1. The molecule has 102 valence electrons. The van der Waals surface area contributed by atoms with Gasteiger partial charge in [-0.1, -0.05) is 24.1 Å². The van der Waals surface area contributed by atoms with Crippen molar-refractivity contribution in [2.75, 3.05) is 12.3 Å². The first-order valence-corrected chi connectivity index (χ1v) is 7.41. The van der Waals surface area contributed by atoms with Crippen molar-refractivity contribution >= 4 is 23.2 Å². The summed E-state index contributed by atoms with van der Waals surface area (Å²) in [5.41, 5.74) is 6.91. The van der Waals surface area contributed by atoms with Crippen LogP contribution in [0.4, 0.5) is 5.69 Å². The molecule has 0 bridgehead atoms. The fourth-order valence-corrected chi connectivity index (χ4v) is 3.76. The highest BCUT2D eigenvalue weighted by Crippen LogP contribution is 2.38. The second kappa shape index (κ2) is 5.04. The van der Waals surface area contributed by atoms with Crippen LogP contribution in [0.3, 0.4) is 0 Å². The maximum atomic E-state index is 12.7. The minimum atomic E-state index is 0.0524. The summed E-state index contributed by atoms with van der Waals surface area (Å²) in [6.45, 7) is 0.853. The van der Waals surface area contributed by atoms with Crippen molar-refractivity contribution in [3.63, 3.8) is 0 Å². The van der Waals surface area contributed by atoms with Gasteiger partial charge >= 0.3 is 0 Å². The average molecular weight is 279 g/mol. The minimum absolute atomic E-state index is 0.0524. The molecule has 2 aliphatic rings. The number of para-hydroxylation sites is 1. The summed E-state index contributed by atoms with van der Waals surface area (Å²) >= 11 is 6.01. The number of amides is 1. The van der Waals surface area contributed by atoms with E-state index in [4.69, 9.17) is 17.3 Å². The van der Waals surface area contributed by atoms with Gasteiger partial charge in [0.2, 0.25) is 0 Å². The molecule has 2 atom stereocenters. The molecule has 0 spiro atoms. The van der Waals surface area contributed by atoms with Crippen molar-refractivity contribution in [1.82, 2.24) is 4.90 Å². The number of anilines is 1. The van der Waals surface area contributed by atoms with Crippen molar-refractivity contribution < 1.29 is 4.79 Å². The number of halogens is 1. The Hall–Kier alpha value is -1.22. The fourth-order valence-electron chi connectivity index (χ4n) is 3.58. The molecule has 1 aromatic carbocycles. The lowest BCUT2D eigenvalue weighted by Crippen LogP contribution is -2.46. The van der Waals surface area contributed by atoms with Crippen LogP contribution in [-0.4, -0.2) is 23.4 Å². The average Bonchev–Trinajstić information content (AvgIpc) is 2.89. The third kappa shape index (κ3) is 2.20. The lowest BCUT2D eigenvalue weighted by atomic mass is 9.91. The molecule has 0 aromatic heterocycles. The number of carbonyl (C=O) groups excluding carboxylic acids is 1. The Balaban J connectivity index is 1.88. The van der Waals surface area contributed by atoms with Crippen LogP contribution in [0.1, 0.15) is 42.5 Å². The number of benzene rings is 1. The van der Waals surface area contributed by atoms with Crippen LogP contribution < -0.4 is 5.73 Å². The van der Waals surface area contributed by atoms with E-state index in [1.807, 2.05) is 4.90 Å². The lowest BCUT2D eigenvalue weighted by Gasteiger charge is -2.38. The molecule has 3 nitrogen and oxygen atoms in total. The normalized spacial score (nSPS) is 26.3. The van der Waals surface area contributed by atoms with E-state index in [0.29, 0.717) is 28.2 Å². The van der Waals surface area contributed by atoms with Crippen LogP contribution in [0.25, 0.3) is 0 Å². The first-order chi connectivity index (χ1) is 9.18. The Morgan fingerprint density at radius 2 is 2.05 bits per heavy atom. The van der Waals surface area contributed by atoms with Crippen LogP contribution in [0, 0.1) is 5.92 Å². The zero-order chi connectivity index (χ0) is 13.4. The summed E-state index contributed by atoms with van der Waals surface area (Å²) in [6, 6.07) is 5.71. The molecule has 2 fully saturated rings. The van der Waals surface area contributed by atoms with Gasteiger partial charge in [0.05, 0.1) is 16.3 Å². The number of nitrogens with zero attached hydrogens (tertiary/aromatic N) is 1. The lowest BCUT2D eigenvalue weighted by molar-refractivity contribution is 0.0549. The Bertz CT molecular complexity index is 503. The zero-order valence-electron chi connectivity index (χ0n) is 10.9. The van der Waals surface area contributed by atoms with E-state index in [-0.39, 0.29) is 5.91 Å². The van der Waals surface area contributed by atoms with Gasteiger partial charge in [-0.05, 0) is 43.7 Å². The highest BCUT2D eigenvalue weighted by Gasteiger charge is 2.37. The summed E-state index contributed by atoms with van der Waals surface area (Å²) in [4.78, 5) is 14.7. The van der Waals surface area contributed by atoms with Crippen molar-refractivity contribution in [1.29, 1.82) is 0 Å². The number of carbonyl (C=O) groups is 1. The Morgan fingerprint density at radius 3 is 2.89 bits per heavy atom. The van der Waals surface area contributed by atoms with Crippen molar-refractivity contribution in [3.05, 3.63) is 28.8 Å². The number of rotatable bonds is 1. The third-order valence-corrected chi connectivity index (χ3v) is 4.87. The van der Waals surface area contributed by atoms with Gasteiger partial charge in [-0.15, -0.1) is 0 Å². The standard InChI is InChI=1S/C15H19ClN2O/c16-12-7-2-6-11(14(12)17)15(19)18-9-3-5-10-4-1-8-13(10)18/h2,6-7,10,13H,1,3-5,8-9,17H2. The fraction of sp³-hybridized carbons (Fsp3) is 0.533. The van der Waals surface area contributed by atoms with Crippen LogP contribution in [0.5, 0.6) is 0 Å². The highest BCUT2D eigenvalue weighted by molar-refractivity contribution is 6.33. The van der Waals surface area contributed by atoms with Crippen molar-refractivity contribution in [2.24, 2.45) is 5.92 Å². The largest absolute Gasteiger partial charge is 0.397 e.